The van der Waals surface area contributed by atoms with E-state index in [-0.39, 0.29) is 6.04 Å². The lowest BCUT2D eigenvalue weighted by Crippen LogP contribution is -2.51. The highest BCUT2D eigenvalue weighted by Crippen LogP contribution is 2.37. The van der Waals surface area contributed by atoms with Crippen molar-refractivity contribution in [2.24, 2.45) is 0 Å². The van der Waals surface area contributed by atoms with Gasteiger partial charge >= 0.3 is 0 Å². The van der Waals surface area contributed by atoms with Gasteiger partial charge in [0.2, 0.25) is 5.91 Å². The highest BCUT2D eigenvalue weighted by molar-refractivity contribution is 5.83. The molecule has 1 N–H and O–H groups in total. The van der Waals surface area contributed by atoms with Gasteiger partial charge in [0.25, 0.3) is 0 Å². The van der Waals surface area contributed by atoms with E-state index in [2.05, 4.69) is 36.2 Å². The summed E-state index contributed by atoms with van der Waals surface area (Å²) in [4.78, 5) is 15.2. The first kappa shape index (κ1) is 14.6. The Bertz CT molecular complexity index is 465. The molecule has 2 aliphatic carbocycles. The summed E-state index contributed by atoms with van der Waals surface area (Å²) in [6.45, 7) is 4.23. The predicted molar refractivity (Wildman–Crippen MR) is 85.1 cm³/mol. The van der Waals surface area contributed by atoms with E-state index >= 15 is 0 Å². The van der Waals surface area contributed by atoms with E-state index in [1.165, 1.54) is 31.2 Å². The van der Waals surface area contributed by atoms with Gasteiger partial charge in [-0.05, 0) is 37.7 Å². The summed E-state index contributed by atoms with van der Waals surface area (Å²) >= 11 is 0. The molecule has 0 bridgehead atoms. The van der Waals surface area contributed by atoms with Gasteiger partial charge in [-0.15, -0.1) is 0 Å². The number of amides is 1. The van der Waals surface area contributed by atoms with E-state index in [1.54, 1.807) is 0 Å². The van der Waals surface area contributed by atoms with E-state index in [0.717, 1.165) is 6.42 Å². The molecule has 3 heteroatoms. The fraction of sp³-hybridized carbons (Fsp3) is 0.611. The van der Waals surface area contributed by atoms with Crippen LogP contribution < -0.4 is 5.32 Å². The van der Waals surface area contributed by atoms with Crippen molar-refractivity contribution in [2.45, 2.75) is 70.1 Å². The lowest BCUT2D eigenvalue weighted by Gasteiger charge is -2.29. The Morgan fingerprint density at radius 3 is 2.19 bits per heavy atom. The summed E-state index contributed by atoms with van der Waals surface area (Å²) in [5, 5.41) is 3.48. The van der Waals surface area contributed by atoms with Crippen LogP contribution in [0.15, 0.2) is 30.3 Å². The van der Waals surface area contributed by atoms with Crippen molar-refractivity contribution >= 4 is 5.91 Å². The smallest absolute Gasteiger partial charge is 0.240 e. The summed E-state index contributed by atoms with van der Waals surface area (Å²) in [5.74, 6) is 0.317. The van der Waals surface area contributed by atoms with Gasteiger partial charge in [0.05, 0.1) is 6.04 Å². The second-order valence-corrected chi connectivity index (χ2v) is 6.77. The molecule has 1 aromatic rings. The zero-order valence-electron chi connectivity index (χ0n) is 13.1. The molecule has 21 heavy (non-hydrogen) atoms. The molecule has 114 valence electrons. The van der Waals surface area contributed by atoms with Crippen LogP contribution in [0.1, 0.15) is 45.1 Å². The third-order valence-electron chi connectivity index (χ3n) is 4.25. The number of nitrogens with one attached hydrogen (secondary N) is 1. The Kier molecular flexibility index (Phi) is 4.29. The second-order valence-electron chi connectivity index (χ2n) is 6.77. The van der Waals surface area contributed by atoms with Gasteiger partial charge in [0.1, 0.15) is 0 Å². The Hall–Kier alpha value is -1.35. The Morgan fingerprint density at radius 2 is 1.71 bits per heavy atom. The molecule has 1 aromatic carbocycles. The number of rotatable bonds is 7. The SMILES string of the molecule is CC(C)NC(Cc1ccccc1)C(=O)N(C1CC1)C1CC1. The van der Waals surface area contributed by atoms with Crippen molar-refractivity contribution < 1.29 is 4.79 Å². The predicted octanol–water partition coefficient (Wildman–Crippen LogP) is 2.75. The normalized spacial score (nSPS) is 19.6. The molecule has 1 amide bonds. The maximum absolute atomic E-state index is 13.0. The third-order valence-corrected chi connectivity index (χ3v) is 4.25. The number of carbonyl (C=O) groups excluding carboxylic acids is 1. The molecule has 2 aliphatic rings. The van der Waals surface area contributed by atoms with Crippen LogP contribution in [-0.2, 0) is 11.2 Å². The van der Waals surface area contributed by atoms with Crippen LogP contribution in [0.3, 0.4) is 0 Å². The zero-order chi connectivity index (χ0) is 14.8. The average molecular weight is 286 g/mol. The molecular weight excluding hydrogens is 260 g/mol. The summed E-state index contributed by atoms with van der Waals surface area (Å²) in [6.07, 6.45) is 5.57. The van der Waals surface area contributed by atoms with Crippen molar-refractivity contribution in [3.8, 4) is 0 Å². The molecule has 1 atom stereocenters. The lowest BCUT2D eigenvalue weighted by atomic mass is 10.0. The van der Waals surface area contributed by atoms with Crippen LogP contribution in [-0.4, -0.2) is 35.0 Å². The van der Waals surface area contributed by atoms with Gasteiger partial charge in [-0.2, -0.15) is 0 Å². The summed E-state index contributed by atoms with van der Waals surface area (Å²) in [5.41, 5.74) is 1.23. The highest BCUT2D eigenvalue weighted by atomic mass is 16.2. The largest absolute Gasteiger partial charge is 0.335 e. The van der Waals surface area contributed by atoms with Crippen LogP contribution in [0.2, 0.25) is 0 Å². The van der Waals surface area contributed by atoms with E-state index < -0.39 is 0 Å². The van der Waals surface area contributed by atoms with Crippen molar-refractivity contribution in [1.29, 1.82) is 0 Å². The summed E-state index contributed by atoms with van der Waals surface area (Å²) in [6, 6.07) is 11.6. The van der Waals surface area contributed by atoms with Gasteiger partial charge < -0.3 is 10.2 Å². The third kappa shape index (κ3) is 3.85. The fourth-order valence-corrected chi connectivity index (χ4v) is 3.01. The molecular formula is C18H26N2O. The topological polar surface area (TPSA) is 32.3 Å². The number of benzene rings is 1. The van der Waals surface area contributed by atoms with Crippen LogP contribution in [0.4, 0.5) is 0 Å². The van der Waals surface area contributed by atoms with Gasteiger partial charge in [-0.25, -0.2) is 0 Å². The molecule has 0 aromatic heterocycles. The Balaban J connectivity index is 1.72. The van der Waals surface area contributed by atoms with Gasteiger partial charge in [0, 0.05) is 18.1 Å². The molecule has 1 unspecified atom stereocenters. The standard InChI is InChI=1S/C18H26N2O/c1-13(2)19-17(12-14-6-4-3-5-7-14)18(21)20(15-8-9-15)16-10-11-16/h3-7,13,15-17,19H,8-12H2,1-2H3. The molecule has 0 saturated heterocycles. The van der Waals surface area contributed by atoms with Gasteiger partial charge in [-0.1, -0.05) is 44.2 Å². The van der Waals surface area contributed by atoms with Crippen molar-refractivity contribution in [2.75, 3.05) is 0 Å². The lowest BCUT2D eigenvalue weighted by molar-refractivity contribution is -0.134. The van der Waals surface area contributed by atoms with E-state index in [0.29, 0.717) is 24.0 Å². The number of carbonyl (C=O) groups is 1. The van der Waals surface area contributed by atoms with Crippen molar-refractivity contribution in [3.63, 3.8) is 0 Å². The quantitative estimate of drug-likeness (QED) is 0.836. The van der Waals surface area contributed by atoms with E-state index in [1.807, 2.05) is 18.2 Å². The van der Waals surface area contributed by atoms with Crippen LogP contribution in [0.25, 0.3) is 0 Å². The van der Waals surface area contributed by atoms with Crippen LogP contribution in [0.5, 0.6) is 0 Å². The monoisotopic (exact) mass is 286 g/mol. The first-order chi connectivity index (χ1) is 10.1. The molecule has 0 aliphatic heterocycles. The number of nitrogens with zero attached hydrogens (tertiary/aromatic N) is 1. The molecule has 0 spiro atoms. The average Bonchev–Trinajstić information content (AvgIpc) is 3.33. The molecule has 3 nitrogen and oxygen atoms in total. The summed E-state index contributed by atoms with van der Waals surface area (Å²) in [7, 11) is 0. The molecule has 0 radical (unpaired) electrons. The molecule has 2 saturated carbocycles. The minimum atomic E-state index is -0.0893. The van der Waals surface area contributed by atoms with Gasteiger partial charge in [-0.3, -0.25) is 4.79 Å². The Morgan fingerprint density at radius 1 is 1.14 bits per heavy atom. The van der Waals surface area contributed by atoms with Crippen LogP contribution >= 0.6 is 0 Å². The zero-order valence-corrected chi connectivity index (χ0v) is 13.1. The first-order valence-electron chi connectivity index (χ1n) is 8.27. The maximum atomic E-state index is 13.0. The molecule has 3 rings (SSSR count). The fourth-order valence-electron chi connectivity index (χ4n) is 3.01. The second kappa shape index (κ2) is 6.18. The summed E-state index contributed by atoms with van der Waals surface area (Å²) < 4.78 is 0. The van der Waals surface area contributed by atoms with Crippen LogP contribution in [0, 0.1) is 0 Å². The van der Waals surface area contributed by atoms with E-state index in [9.17, 15) is 4.79 Å². The number of hydrogen-bond acceptors (Lipinski definition) is 2. The van der Waals surface area contributed by atoms with Gasteiger partial charge in [0.15, 0.2) is 0 Å². The van der Waals surface area contributed by atoms with Crippen molar-refractivity contribution in [1.82, 2.24) is 10.2 Å². The van der Waals surface area contributed by atoms with Crippen molar-refractivity contribution in [3.05, 3.63) is 35.9 Å². The highest BCUT2D eigenvalue weighted by Gasteiger charge is 2.43. The molecule has 2 fully saturated rings. The van der Waals surface area contributed by atoms with E-state index in [4.69, 9.17) is 0 Å². The maximum Gasteiger partial charge on any atom is 0.240 e. The minimum absolute atomic E-state index is 0.0893. The first-order valence-corrected chi connectivity index (χ1v) is 8.27. The minimum Gasteiger partial charge on any atom is -0.335 e. The molecule has 0 heterocycles. The number of hydrogen-bond donors (Lipinski definition) is 1. The Labute approximate surface area is 127 Å².